The van der Waals surface area contributed by atoms with E-state index in [1.807, 2.05) is 12.1 Å². The fraction of sp³-hybridized carbons (Fsp3) is 0.250. The quantitative estimate of drug-likeness (QED) is 0.715. The zero-order valence-corrected chi connectivity index (χ0v) is 8.40. The summed E-state index contributed by atoms with van der Waals surface area (Å²) in [5.41, 5.74) is 0.658. The first kappa shape index (κ1) is 9.14. The van der Waals surface area contributed by atoms with Crippen LogP contribution in [-0.2, 0) is 15.6 Å². The van der Waals surface area contributed by atoms with Crippen LogP contribution >= 0.6 is 0 Å². The molecule has 0 atom stereocenters. The molecule has 0 bridgehead atoms. The maximum Gasteiger partial charge on any atom is 0.166 e. The van der Waals surface area contributed by atoms with E-state index in [1.54, 1.807) is 16.8 Å². The average molecular weight is 211 g/mol. The second kappa shape index (κ2) is 3.06. The van der Waals surface area contributed by atoms with Gasteiger partial charge in [-0.3, -0.25) is 0 Å². The maximum atomic E-state index is 11.0. The molecule has 2 rings (SSSR count). The van der Waals surface area contributed by atoms with Crippen molar-refractivity contribution in [1.29, 1.82) is 0 Å². The Hall–Kier alpha value is -1.43. The zero-order chi connectivity index (χ0) is 10.2. The van der Waals surface area contributed by atoms with E-state index in [0.29, 0.717) is 11.5 Å². The first-order valence-electron chi connectivity index (χ1n) is 4.03. The van der Waals surface area contributed by atoms with Gasteiger partial charge < -0.3 is 0 Å². The van der Waals surface area contributed by atoms with Gasteiger partial charge in [-0.1, -0.05) is 6.07 Å². The molecule has 5 nitrogen and oxygen atoms in total. The summed E-state index contributed by atoms with van der Waals surface area (Å²) in [6.07, 6.45) is 2.90. The van der Waals surface area contributed by atoms with Crippen molar-refractivity contribution >= 4 is 15.5 Å². The molecule has 0 aliphatic heterocycles. The Morgan fingerprint density at radius 1 is 1.43 bits per heavy atom. The van der Waals surface area contributed by atoms with Gasteiger partial charge in [0, 0.05) is 12.5 Å². The summed E-state index contributed by atoms with van der Waals surface area (Å²) in [6.45, 7) is 0. The second-order valence-corrected chi connectivity index (χ2v) is 5.24. The summed E-state index contributed by atoms with van der Waals surface area (Å²) in [5.74, 6) is 0.216. The third-order valence-corrected chi connectivity index (χ3v) is 2.46. The van der Waals surface area contributed by atoms with Crippen molar-refractivity contribution in [3.8, 4) is 0 Å². The smallest absolute Gasteiger partial charge is 0.166 e. The maximum absolute atomic E-state index is 11.0. The molecule has 74 valence electrons. The molecule has 0 saturated carbocycles. The highest BCUT2D eigenvalue weighted by molar-refractivity contribution is 7.89. The van der Waals surface area contributed by atoms with E-state index in [-0.39, 0.29) is 5.75 Å². The average Bonchev–Trinajstić information content (AvgIpc) is 2.42. The Bertz CT molecular complexity index is 526. The molecule has 0 amide bonds. The predicted octanol–water partition coefficient (Wildman–Crippen LogP) is 0.274. The Morgan fingerprint density at radius 3 is 2.86 bits per heavy atom. The second-order valence-electron chi connectivity index (χ2n) is 3.10. The number of aromatic nitrogens is 3. The van der Waals surface area contributed by atoms with Crippen LogP contribution in [-0.4, -0.2) is 29.3 Å². The van der Waals surface area contributed by atoms with Crippen molar-refractivity contribution in [2.24, 2.45) is 0 Å². The molecule has 0 aromatic carbocycles. The lowest BCUT2D eigenvalue weighted by molar-refractivity contribution is 0.599. The summed E-state index contributed by atoms with van der Waals surface area (Å²) in [4.78, 5) is 4.07. The Kier molecular flexibility index (Phi) is 1.99. The van der Waals surface area contributed by atoms with Gasteiger partial charge in [0.2, 0.25) is 0 Å². The van der Waals surface area contributed by atoms with Crippen LogP contribution in [0.3, 0.4) is 0 Å². The molecule has 0 saturated heterocycles. The van der Waals surface area contributed by atoms with E-state index >= 15 is 0 Å². The van der Waals surface area contributed by atoms with Gasteiger partial charge in [-0.05, 0) is 12.1 Å². The summed E-state index contributed by atoms with van der Waals surface area (Å²) in [5, 5.41) is 4.02. The highest BCUT2D eigenvalue weighted by Crippen LogP contribution is 2.03. The highest BCUT2D eigenvalue weighted by Gasteiger charge is 2.09. The number of hydrogen-bond acceptors (Lipinski definition) is 4. The van der Waals surface area contributed by atoms with E-state index in [1.165, 1.54) is 6.26 Å². The minimum Gasteiger partial charge on any atom is -0.229 e. The van der Waals surface area contributed by atoms with Gasteiger partial charge in [0.25, 0.3) is 0 Å². The van der Waals surface area contributed by atoms with Crippen LogP contribution in [0.15, 0.2) is 24.4 Å². The molecule has 0 aliphatic rings. The number of nitrogens with zero attached hydrogens (tertiary/aromatic N) is 3. The van der Waals surface area contributed by atoms with Crippen LogP contribution in [0.1, 0.15) is 5.82 Å². The van der Waals surface area contributed by atoms with E-state index in [9.17, 15) is 8.42 Å². The summed E-state index contributed by atoms with van der Waals surface area (Å²) in [6, 6.07) is 5.42. The van der Waals surface area contributed by atoms with Gasteiger partial charge >= 0.3 is 0 Å². The molecule has 2 heterocycles. The van der Waals surface area contributed by atoms with E-state index in [2.05, 4.69) is 10.1 Å². The SMILES string of the molecule is CS(=O)(=O)Cc1nc2ccccn2n1. The van der Waals surface area contributed by atoms with Gasteiger partial charge in [0.1, 0.15) is 5.75 Å². The summed E-state index contributed by atoms with van der Waals surface area (Å²) < 4.78 is 23.5. The third-order valence-electron chi connectivity index (χ3n) is 1.68. The number of sulfone groups is 1. The van der Waals surface area contributed by atoms with Crippen molar-refractivity contribution in [3.05, 3.63) is 30.2 Å². The minimum atomic E-state index is -3.06. The van der Waals surface area contributed by atoms with Crippen LogP contribution in [0.2, 0.25) is 0 Å². The normalized spacial score (nSPS) is 12.1. The fourth-order valence-corrected chi connectivity index (χ4v) is 1.76. The fourth-order valence-electron chi connectivity index (χ4n) is 1.17. The summed E-state index contributed by atoms with van der Waals surface area (Å²) >= 11 is 0. The lowest BCUT2D eigenvalue weighted by Crippen LogP contribution is -2.02. The van der Waals surface area contributed by atoms with Crippen molar-refractivity contribution in [2.75, 3.05) is 6.26 Å². The van der Waals surface area contributed by atoms with Gasteiger partial charge in [-0.2, -0.15) is 5.10 Å². The Balaban J connectivity index is 2.46. The topological polar surface area (TPSA) is 64.3 Å². The van der Waals surface area contributed by atoms with Crippen molar-refractivity contribution < 1.29 is 8.42 Å². The lowest BCUT2D eigenvalue weighted by Gasteiger charge is -1.89. The van der Waals surface area contributed by atoms with E-state index in [4.69, 9.17) is 0 Å². The van der Waals surface area contributed by atoms with Gasteiger partial charge in [-0.25, -0.2) is 17.9 Å². The van der Waals surface area contributed by atoms with Gasteiger partial charge in [-0.15, -0.1) is 0 Å². The monoisotopic (exact) mass is 211 g/mol. The molecule has 0 radical (unpaired) electrons. The van der Waals surface area contributed by atoms with Crippen molar-refractivity contribution in [2.45, 2.75) is 5.75 Å². The minimum absolute atomic E-state index is 0.116. The lowest BCUT2D eigenvalue weighted by atomic mass is 10.5. The van der Waals surface area contributed by atoms with Crippen LogP contribution in [0.4, 0.5) is 0 Å². The van der Waals surface area contributed by atoms with Crippen LogP contribution in [0, 0.1) is 0 Å². The van der Waals surface area contributed by atoms with E-state index < -0.39 is 9.84 Å². The highest BCUT2D eigenvalue weighted by atomic mass is 32.2. The Morgan fingerprint density at radius 2 is 2.21 bits per heavy atom. The first-order valence-corrected chi connectivity index (χ1v) is 6.09. The molecule has 0 unspecified atom stereocenters. The third kappa shape index (κ3) is 1.90. The van der Waals surface area contributed by atoms with Crippen molar-refractivity contribution in [3.63, 3.8) is 0 Å². The Labute approximate surface area is 81.3 Å². The van der Waals surface area contributed by atoms with Crippen molar-refractivity contribution in [1.82, 2.24) is 14.6 Å². The first-order chi connectivity index (χ1) is 6.54. The number of fused-ring (bicyclic) bond motifs is 1. The van der Waals surface area contributed by atoms with Gasteiger partial charge in [0.05, 0.1) is 0 Å². The largest absolute Gasteiger partial charge is 0.229 e. The molecule has 0 fully saturated rings. The molecule has 2 aromatic rings. The summed E-state index contributed by atoms with van der Waals surface area (Å²) in [7, 11) is -3.06. The molecule has 14 heavy (non-hydrogen) atoms. The number of hydrogen-bond donors (Lipinski definition) is 0. The molecular weight excluding hydrogens is 202 g/mol. The molecule has 0 aliphatic carbocycles. The van der Waals surface area contributed by atoms with Crippen LogP contribution in [0.5, 0.6) is 0 Å². The molecule has 2 aromatic heterocycles. The number of pyridine rings is 1. The van der Waals surface area contributed by atoms with Gasteiger partial charge in [0.15, 0.2) is 21.3 Å². The molecule has 0 spiro atoms. The number of rotatable bonds is 2. The predicted molar refractivity (Wildman–Crippen MR) is 51.5 cm³/mol. The molecule has 0 N–H and O–H groups in total. The zero-order valence-electron chi connectivity index (χ0n) is 7.58. The van der Waals surface area contributed by atoms with E-state index in [0.717, 1.165) is 0 Å². The van der Waals surface area contributed by atoms with Crippen LogP contribution < -0.4 is 0 Å². The van der Waals surface area contributed by atoms with Crippen LogP contribution in [0.25, 0.3) is 5.65 Å². The molecule has 6 heteroatoms. The molecular formula is C8H9N3O2S. The standard InChI is InChI=1S/C8H9N3O2S/c1-14(12,13)6-7-9-8-4-2-3-5-11(8)10-7/h2-5H,6H2,1H3.